The Morgan fingerprint density at radius 2 is 1.51 bits per heavy atom. The molecule has 0 spiro atoms. The van der Waals surface area contributed by atoms with Crippen LogP contribution in [0.2, 0.25) is 0 Å². The molecule has 35 heavy (non-hydrogen) atoms. The van der Waals surface area contributed by atoms with Gasteiger partial charge in [0.05, 0.1) is 19.1 Å². The zero-order chi connectivity index (χ0) is 26.4. The molecule has 0 unspecified atom stereocenters. The molecule has 0 aliphatic carbocycles. The molecule has 4 atom stereocenters. The molecular formula is C23H36N6O6. The number of carbonyl (C=O) groups is 5. The molecule has 0 fully saturated rings. The van der Waals surface area contributed by atoms with Gasteiger partial charge in [-0.1, -0.05) is 36.8 Å². The number of aliphatic hydroxyl groups excluding tert-OH is 1. The fourth-order valence-electron chi connectivity index (χ4n) is 3.42. The van der Waals surface area contributed by atoms with Crippen LogP contribution in [0, 0.1) is 5.92 Å². The lowest BCUT2D eigenvalue weighted by Gasteiger charge is -2.24. The topological polar surface area (TPSA) is 234 Å². The van der Waals surface area contributed by atoms with E-state index >= 15 is 0 Å². The van der Waals surface area contributed by atoms with Gasteiger partial charge in [0, 0.05) is 12.3 Å². The minimum atomic E-state index is -1.31. The highest BCUT2D eigenvalue weighted by molar-refractivity contribution is 5.95. The van der Waals surface area contributed by atoms with Gasteiger partial charge in [-0.3, -0.25) is 24.0 Å². The van der Waals surface area contributed by atoms with Gasteiger partial charge in [0.2, 0.25) is 23.6 Å². The number of Topliss-reactive ketones (excluding diaryl/α,β-unsaturated/α-hetero) is 1. The molecular weight excluding hydrogens is 456 g/mol. The predicted octanol–water partition coefficient (Wildman–Crippen LogP) is -2.42. The molecule has 11 N–H and O–H groups in total. The molecule has 4 amide bonds. The van der Waals surface area contributed by atoms with E-state index in [-0.39, 0.29) is 19.3 Å². The molecule has 194 valence electrons. The van der Waals surface area contributed by atoms with E-state index < -0.39 is 66.5 Å². The molecule has 12 nitrogen and oxygen atoms in total. The summed E-state index contributed by atoms with van der Waals surface area (Å²) in [5, 5.41) is 14.1. The number of aliphatic hydroxyl groups is 1. The first-order valence-electron chi connectivity index (χ1n) is 11.4. The minimum absolute atomic E-state index is 0.145. The maximum Gasteiger partial charge on any atom is 0.240 e. The fraction of sp³-hybridized carbons (Fsp3) is 0.522. The third kappa shape index (κ3) is 11.1. The lowest BCUT2D eigenvalue weighted by atomic mass is 9.90. The molecule has 0 saturated heterocycles. The largest absolute Gasteiger partial charge is 0.394 e. The number of nitrogens with one attached hydrogen (secondary N) is 2. The number of primary amides is 2. The predicted molar refractivity (Wildman–Crippen MR) is 128 cm³/mol. The smallest absolute Gasteiger partial charge is 0.240 e. The van der Waals surface area contributed by atoms with Crippen molar-refractivity contribution in [3.63, 3.8) is 0 Å². The van der Waals surface area contributed by atoms with Crippen molar-refractivity contribution in [2.45, 2.75) is 56.7 Å². The second-order valence-electron chi connectivity index (χ2n) is 8.33. The van der Waals surface area contributed by atoms with Crippen LogP contribution in [0.1, 0.15) is 37.7 Å². The van der Waals surface area contributed by atoms with E-state index in [1.54, 1.807) is 30.3 Å². The first kappa shape index (κ1) is 29.7. The number of hydrogen-bond acceptors (Lipinski definition) is 8. The molecule has 1 aromatic rings. The van der Waals surface area contributed by atoms with Crippen molar-refractivity contribution in [3.05, 3.63) is 35.9 Å². The zero-order valence-electron chi connectivity index (χ0n) is 19.7. The van der Waals surface area contributed by atoms with E-state index in [9.17, 15) is 29.1 Å². The van der Waals surface area contributed by atoms with Gasteiger partial charge >= 0.3 is 0 Å². The number of benzene rings is 1. The summed E-state index contributed by atoms with van der Waals surface area (Å²) in [6.45, 7) is -0.212. The van der Waals surface area contributed by atoms with Crippen molar-refractivity contribution in [2.75, 3.05) is 13.2 Å². The van der Waals surface area contributed by atoms with E-state index in [1.807, 2.05) is 0 Å². The normalized spacial score (nSPS) is 14.3. The molecule has 0 radical (unpaired) electrons. The summed E-state index contributed by atoms with van der Waals surface area (Å²) in [4.78, 5) is 61.3. The summed E-state index contributed by atoms with van der Waals surface area (Å²) in [5.74, 6) is -4.42. The second kappa shape index (κ2) is 15.5. The highest BCUT2D eigenvalue weighted by Gasteiger charge is 2.30. The highest BCUT2D eigenvalue weighted by atomic mass is 16.3. The Hall–Kier alpha value is -3.35. The maximum absolute atomic E-state index is 13.3. The molecule has 0 heterocycles. The Bertz CT molecular complexity index is 865. The van der Waals surface area contributed by atoms with Gasteiger partial charge in [-0.2, -0.15) is 0 Å². The quantitative estimate of drug-likeness (QED) is 0.115. The Kier molecular flexibility index (Phi) is 13.2. The number of nitrogens with two attached hydrogens (primary N) is 4. The number of carbonyl (C=O) groups excluding carboxylic acids is 5. The van der Waals surface area contributed by atoms with Crippen LogP contribution in [-0.4, -0.2) is 65.8 Å². The van der Waals surface area contributed by atoms with Crippen molar-refractivity contribution in [1.82, 2.24) is 10.6 Å². The van der Waals surface area contributed by atoms with Crippen LogP contribution in [0.4, 0.5) is 0 Å². The van der Waals surface area contributed by atoms with Crippen LogP contribution in [0.15, 0.2) is 30.3 Å². The van der Waals surface area contributed by atoms with Gasteiger partial charge in [-0.05, 0) is 31.4 Å². The monoisotopic (exact) mass is 492 g/mol. The number of rotatable bonds is 17. The van der Waals surface area contributed by atoms with E-state index in [2.05, 4.69) is 10.6 Å². The lowest BCUT2D eigenvalue weighted by molar-refractivity contribution is -0.134. The average Bonchev–Trinajstić information content (AvgIpc) is 2.82. The van der Waals surface area contributed by atoms with E-state index in [0.717, 1.165) is 5.56 Å². The Morgan fingerprint density at radius 3 is 2.06 bits per heavy atom. The van der Waals surface area contributed by atoms with E-state index in [0.29, 0.717) is 19.4 Å². The summed E-state index contributed by atoms with van der Waals surface area (Å²) < 4.78 is 0. The number of ketones is 1. The average molecular weight is 493 g/mol. The Morgan fingerprint density at radius 1 is 0.886 bits per heavy atom. The molecule has 0 aliphatic heterocycles. The van der Waals surface area contributed by atoms with Crippen molar-refractivity contribution in [3.8, 4) is 0 Å². The molecule has 1 aromatic carbocycles. The highest BCUT2D eigenvalue weighted by Crippen LogP contribution is 2.17. The molecule has 12 heteroatoms. The van der Waals surface area contributed by atoms with Gasteiger partial charge in [0.25, 0.3) is 0 Å². The summed E-state index contributed by atoms with van der Waals surface area (Å²) >= 11 is 0. The SMILES string of the molecule is NCCCC[C@H](CC(=O)[C@H](Cc1ccccc1)NC(=O)[C@@H](N)CO)C(=O)N[C@@H](CC(N)=O)C(N)=O. The van der Waals surface area contributed by atoms with Crippen molar-refractivity contribution >= 4 is 29.4 Å². The van der Waals surface area contributed by atoms with Crippen LogP contribution in [0.25, 0.3) is 0 Å². The standard InChI is InChI=1S/C23H36N6O6/c24-9-5-4-8-15(22(34)29-18(21(27)33)12-20(26)32)11-19(31)17(28-23(35)16(25)13-30)10-14-6-2-1-3-7-14/h1-3,6-7,15-18,30H,4-5,8-13,24-25H2,(H2,26,32)(H2,27,33)(H,28,35)(H,29,34)/t15-,16+,17+,18+/m1/s1. The molecule has 1 rings (SSSR count). The molecule has 0 bridgehead atoms. The van der Waals surface area contributed by atoms with E-state index in [1.165, 1.54) is 0 Å². The second-order valence-corrected chi connectivity index (χ2v) is 8.33. The fourth-order valence-corrected chi connectivity index (χ4v) is 3.42. The van der Waals surface area contributed by atoms with Gasteiger partial charge in [-0.15, -0.1) is 0 Å². The lowest BCUT2D eigenvalue weighted by Crippen LogP contribution is -2.52. The van der Waals surface area contributed by atoms with Crippen molar-refractivity contribution in [1.29, 1.82) is 0 Å². The Labute approximate surface area is 204 Å². The van der Waals surface area contributed by atoms with Crippen LogP contribution in [-0.2, 0) is 30.4 Å². The van der Waals surface area contributed by atoms with Crippen molar-refractivity contribution < 1.29 is 29.1 Å². The maximum atomic E-state index is 13.3. The third-order valence-electron chi connectivity index (χ3n) is 5.41. The molecule has 0 aliphatic rings. The summed E-state index contributed by atoms with van der Waals surface area (Å²) in [6.07, 6.45) is 0.824. The van der Waals surface area contributed by atoms with Crippen LogP contribution >= 0.6 is 0 Å². The van der Waals surface area contributed by atoms with Crippen LogP contribution in [0.3, 0.4) is 0 Å². The van der Waals surface area contributed by atoms with Gasteiger partial charge in [0.1, 0.15) is 12.1 Å². The first-order valence-corrected chi connectivity index (χ1v) is 11.4. The van der Waals surface area contributed by atoms with Gasteiger partial charge in [0.15, 0.2) is 5.78 Å². The summed E-state index contributed by atoms with van der Waals surface area (Å²) in [5.41, 5.74) is 22.3. The van der Waals surface area contributed by atoms with Crippen LogP contribution < -0.4 is 33.6 Å². The number of unbranched alkanes of at least 4 members (excludes halogenated alkanes) is 1. The summed E-state index contributed by atoms with van der Waals surface area (Å²) in [6, 6.07) is 5.40. The van der Waals surface area contributed by atoms with Crippen LogP contribution in [0.5, 0.6) is 0 Å². The Balaban J connectivity index is 3.08. The third-order valence-corrected chi connectivity index (χ3v) is 5.41. The number of amides is 4. The van der Waals surface area contributed by atoms with Gasteiger partial charge in [-0.25, -0.2) is 0 Å². The summed E-state index contributed by atoms with van der Waals surface area (Å²) in [7, 11) is 0. The zero-order valence-corrected chi connectivity index (χ0v) is 19.7. The molecule has 0 saturated carbocycles. The minimum Gasteiger partial charge on any atom is -0.394 e. The number of hydrogen-bond donors (Lipinski definition) is 7. The van der Waals surface area contributed by atoms with Crippen molar-refractivity contribution in [2.24, 2.45) is 28.9 Å². The first-order chi connectivity index (χ1) is 16.6. The van der Waals surface area contributed by atoms with Gasteiger partial charge < -0.3 is 38.7 Å². The molecule has 0 aromatic heterocycles. The van der Waals surface area contributed by atoms with E-state index in [4.69, 9.17) is 22.9 Å².